The van der Waals surface area contributed by atoms with Crippen LogP contribution in [0.4, 0.5) is 0 Å². The van der Waals surface area contributed by atoms with Gasteiger partial charge in [-0.1, -0.05) is 66.7 Å². The van der Waals surface area contributed by atoms with Gasteiger partial charge in [0.15, 0.2) is 11.5 Å². The van der Waals surface area contributed by atoms with Crippen molar-refractivity contribution in [3.63, 3.8) is 0 Å². The summed E-state index contributed by atoms with van der Waals surface area (Å²) in [5.41, 5.74) is 3.78. The first-order valence-corrected chi connectivity index (χ1v) is 11.6. The number of rotatable bonds is 12. The van der Waals surface area contributed by atoms with Gasteiger partial charge in [0.25, 0.3) is 0 Å². The van der Waals surface area contributed by atoms with Gasteiger partial charge in [-0.15, -0.1) is 0 Å². The van der Waals surface area contributed by atoms with E-state index in [1.54, 1.807) is 7.11 Å². The van der Waals surface area contributed by atoms with Gasteiger partial charge >= 0.3 is 0 Å². The minimum Gasteiger partial charge on any atom is -0.493 e. The normalized spacial score (nSPS) is 15.3. The first kappa shape index (κ1) is 23.3. The molecule has 4 rings (SSSR count). The van der Waals surface area contributed by atoms with Gasteiger partial charge in [-0.3, -0.25) is 4.90 Å². The smallest absolute Gasteiger partial charge is 0.161 e. The fourth-order valence-corrected chi connectivity index (χ4v) is 4.22. The van der Waals surface area contributed by atoms with Crippen LogP contribution in [-0.2, 0) is 18.6 Å². The number of likely N-dealkylation sites (N-methyl/N-ethyl adjacent to an activating group) is 1. The Bertz CT molecular complexity index is 1010. The first-order valence-electron chi connectivity index (χ1n) is 11.6. The fraction of sp³-hybridized carbons (Fsp3) is 0.357. The second kappa shape index (κ2) is 10.8. The van der Waals surface area contributed by atoms with Crippen LogP contribution in [0.3, 0.4) is 0 Å². The molecule has 0 saturated heterocycles. The van der Waals surface area contributed by atoms with Crippen LogP contribution in [0.1, 0.15) is 29.5 Å². The highest BCUT2D eigenvalue weighted by Gasteiger charge is 2.43. The Balaban J connectivity index is 1.31. The molecule has 0 unspecified atom stereocenters. The quantitative estimate of drug-likeness (QED) is 0.433. The lowest BCUT2D eigenvalue weighted by Gasteiger charge is -2.22. The van der Waals surface area contributed by atoms with E-state index in [2.05, 4.69) is 58.7 Å². The summed E-state index contributed by atoms with van der Waals surface area (Å²) >= 11 is 0. The molecule has 0 aliphatic heterocycles. The summed E-state index contributed by atoms with van der Waals surface area (Å²) in [6, 6.07) is 26.9. The molecule has 1 atom stereocenters. The highest BCUT2D eigenvalue weighted by atomic mass is 16.5. The van der Waals surface area contributed by atoms with Crippen LogP contribution in [0.15, 0.2) is 78.9 Å². The zero-order valence-corrected chi connectivity index (χ0v) is 19.5. The van der Waals surface area contributed by atoms with E-state index in [9.17, 15) is 5.11 Å². The Hall–Kier alpha value is -2.86. The molecule has 0 radical (unpaired) electrons. The summed E-state index contributed by atoms with van der Waals surface area (Å²) in [5.74, 6) is 1.33. The zero-order valence-electron chi connectivity index (χ0n) is 19.5. The molecule has 5 heteroatoms. The molecule has 1 aliphatic rings. The number of hydrogen-bond donors (Lipinski definition) is 2. The predicted molar refractivity (Wildman–Crippen MR) is 131 cm³/mol. The second-order valence-electron chi connectivity index (χ2n) is 8.93. The van der Waals surface area contributed by atoms with E-state index in [0.29, 0.717) is 18.0 Å². The SMILES string of the molecule is COc1ccc(CNC2(c3ccccc3)CC2)cc1OC[C@H](O)CN(C)Cc1ccccc1. The number of aliphatic hydroxyl groups is 1. The van der Waals surface area contributed by atoms with Crippen molar-refractivity contribution in [3.8, 4) is 11.5 Å². The lowest BCUT2D eigenvalue weighted by molar-refractivity contribution is 0.0732. The van der Waals surface area contributed by atoms with Gasteiger partial charge in [-0.2, -0.15) is 0 Å². The molecule has 1 saturated carbocycles. The van der Waals surface area contributed by atoms with Crippen molar-refractivity contribution < 1.29 is 14.6 Å². The summed E-state index contributed by atoms with van der Waals surface area (Å²) in [6.45, 7) is 2.27. The Morgan fingerprint density at radius 1 is 0.939 bits per heavy atom. The molecule has 5 nitrogen and oxygen atoms in total. The van der Waals surface area contributed by atoms with Crippen LogP contribution in [0, 0.1) is 0 Å². The summed E-state index contributed by atoms with van der Waals surface area (Å²) in [4.78, 5) is 2.10. The summed E-state index contributed by atoms with van der Waals surface area (Å²) in [7, 11) is 3.64. The van der Waals surface area contributed by atoms with E-state index >= 15 is 0 Å². The van der Waals surface area contributed by atoms with Crippen LogP contribution in [0.2, 0.25) is 0 Å². The Kier molecular flexibility index (Phi) is 7.65. The van der Waals surface area contributed by atoms with Crippen LogP contribution >= 0.6 is 0 Å². The van der Waals surface area contributed by atoms with E-state index in [1.165, 1.54) is 11.1 Å². The third-order valence-electron chi connectivity index (χ3n) is 6.18. The first-order chi connectivity index (χ1) is 16.1. The van der Waals surface area contributed by atoms with Crippen LogP contribution < -0.4 is 14.8 Å². The maximum Gasteiger partial charge on any atom is 0.161 e. The Morgan fingerprint density at radius 3 is 2.30 bits per heavy atom. The number of aliphatic hydroxyl groups excluding tert-OH is 1. The van der Waals surface area contributed by atoms with Crippen molar-refractivity contribution in [2.75, 3.05) is 27.3 Å². The average molecular weight is 447 g/mol. The van der Waals surface area contributed by atoms with E-state index in [-0.39, 0.29) is 12.1 Å². The Morgan fingerprint density at radius 2 is 1.64 bits per heavy atom. The number of ether oxygens (including phenoxy) is 2. The summed E-state index contributed by atoms with van der Waals surface area (Å²) < 4.78 is 11.5. The highest BCUT2D eigenvalue weighted by Crippen LogP contribution is 2.45. The third kappa shape index (κ3) is 6.35. The van der Waals surface area contributed by atoms with Gasteiger partial charge in [0, 0.05) is 25.2 Å². The molecule has 0 spiro atoms. The number of hydrogen-bond acceptors (Lipinski definition) is 5. The second-order valence-corrected chi connectivity index (χ2v) is 8.93. The molecule has 0 bridgehead atoms. The maximum absolute atomic E-state index is 10.5. The van der Waals surface area contributed by atoms with Crippen molar-refractivity contribution in [2.45, 2.75) is 37.6 Å². The van der Waals surface area contributed by atoms with Crippen molar-refractivity contribution in [1.29, 1.82) is 0 Å². The van der Waals surface area contributed by atoms with Gasteiger partial charge in [0.1, 0.15) is 12.7 Å². The molecule has 3 aromatic carbocycles. The Labute approximate surface area is 197 Å². The summed E-state index contributed by atoms with van der Waals surface area (Å²) in [6.07, 6.45) is 1.70. The minimum absolute atomic E-state index is 0.0851. The topological polar surface area (TPSA) is 54.0 Å². The molecule has 33 heavy (non-hydrogen) atoms. The number of nitrogens with one attached hydrogen (secondary N) is 1. The minimum atomic E-state index is -0.599. The van der Waals surface area contributed by atoms with Gasteiger partial charge in [-0.25, -0.2) is 0 Å². The number of nitrogens with zero attached hydrogens (tertiary/aromatic N) is 1. The maximum atomic E-state index is 10.5. The van der Waals surface area contributed by atoms with Crippen molar-refractivity contribution in [3.05, 3.63) is 95.6 Å². The summed E-state index contributed by atoms with van der Waals surface area (Å²) in [5, 5.41) is 14.2. The highest BCUT2D eigenvalue weighted by molar-refractivity contribution is 5.43. The van der Waals surface area contributed by atoms with E-state index in [4.69, 9.17) is 9.47 Å². The van der Waals surface area contributed by atoms with Gasteiger partial charge < -0.3 is 19.9 Å². The molecule has 1 fully saturated rings. The number of methoxy groups -OCH3 is 1. The molecule has 0 aromatic heterocycles. The molecule has 174 valence electrons. The molecule has 1 aliphatic carbocycles. The molecular formula is C28H34N2O3. The molecule has 0 amide bonds. The van der Waals surface area contributed by atoms with Gasteiger partial charge in [0.05, 0.1) is 7.11 Å². The third-order valence-corrected chi connectivity index (χ3v) is 6.18. The molecule has 2 N–H and O–H groups in total. The largest absolute Gasteiger partial charge is 0.493 e. The lowest BCUT2D eigenvalue weighted by atomic mass is 10.0. The zero-order chi connectivity index (χ0) is 23.1. The number of benzene rings is 3. The molecule has 3 aromatic rings. The standard InChI is InChI=1S/C28H34N2O3/c1-30(19-22-9-5-3-6-10-22)20-25(31)21-33-27-17-23(13-14-26(27)32-2)18-29-28(15-16-28)24-11-7-4-8-12-24/h3-14,17,25,29,31H,15-16,18-21H2,1-2H3/t25-/m1/s1. The van der Waals surface area contributed by atoms with Crippen LogP contribution in [0.5, 0.6) is 11.5 Å². The van der Waals surface area contributed by atoms with Crippen molar-refractivity contribution >= 4 is 0 Å². The van der Waals surface area contributed by atoms with Crippen molar-refractivity contribution in [1.82, 2.24) is 10.2 Å². The van der Waals surface area contributed by atoms with E-state index < -0.39 is 6.10 Å². The fourth-order valence-electron chi connectivity index (χ4n) is 4.22. The predicted octanol–water partition coefficient (Wildman–Crippen LogP) is 4.35. The average Bonchev–Trinajstić information content (AvgIpc) is 3.64. The van der Waals surface area contributed by atoms with E-state index in [1.807, 2.05) is 37.4 Å². The van der Waals surface area contributed by atoms with Gasteiger partial charge in [0.2, 0.25) is 0 Å². The van der Waals surface area contributed by atoms with Gasteiger partial charge in [-0.05, 0) is 48.7 Å². The molecular weight excluding hydrogens is 412 g/mol. The van der Waals surface area contributed by atoms with Crippen LogP contribution in [0.25, 0.3) is 0 Å². The lowest BCUT2D eigenvalue weighted by Crippen LogP contribution is -2.32. The van der Waals surface area contributed by atoms with Crippen molar-refractivity contribution in [2.24, 2.45) is 0 Å². The molecule has 0 heterocycles. The van der Waals surface area contributed by atoms with E-state index in [0.717, 1.165) is 31.5 Å². The monoisotopic (exact) mass is 446 g/mol. The van der Waals surface area contributed by atoms with Crippen LogP contribution in [-0.4, -0.2) is 43.4 Å².